The maximum atomic E-state index is 5.94. The van der Waals surface area contributed by atoms with Gasteiger partial charge in [0.05, 0.1) is 0 Å². The van der Waals surface area contributed by atoms with E-state index in [9.17, 15) is 0 Å². The van der Waals surface area contributed by atoms with Gasteiger partial charge >= 0.3 is 0 Å². The molecule has 2 unspecified atom stereocenters. The van der Waals surface area contributed by atoms with E-state index in [1.165, 1.54) is 32.1 Å². The normalized spacial score (nSPS) is 16.4. The number of hydrogen-bond donors (Lipinski definition) is 0. The first-order valence-electron chi connectivity index (χ1n) is 4.82. The van der Waals surface area contributed by atoms with E-state index in [0.717, 1.165) is 0 Å². The quantitative estimate of drug-likeness (QED) is 0.420. The molecule has 1 heteroatoms. The third-order valence-electron chi connectivity index (χ3n) is 2.30. The van der Waals surface area contributed by atoms with Crippen molar-refractivity contribution in [2.75, 3.05) is 0 Å². The molecule has 0 rings (SSSR count). The van der Waals surface area contributed by atoms with Crippen LogP contribution in [0.1, 0.15) is 52.9 Å². The fourth-order valence-electron chi connectivity index (χ4n) is 1.12. The first kappa shape index (κ1) is 11.3. The van der Waals surface area contributed by atoms with Gasteiger partial charge in [0, 0.05) is 5.38 Å². The summed E-state index contributed by atoms with van der Waals surface area (Å²) in [7, 11) is 0. The monoisotopic (exact) mass is 176 g/mol. The van der Waals surface area contributed by atoms with E-state index < -0.39 is 0 Å². The van der Waals surface area contributed by atoms with Crippen LogP contribution in [0.4, 0.5) is 0 Å². The molecule has 0 amide bonds. The number of halogens is 1. The minimum atomic E-state index is 0.344. The van der Waals surface area contributed by atoms with Crippen molar-refractivity contribution in [1.82, 2.24) is 0 Å². The number of hydrogen-bond acceptors (Lipinski definition) is 0. The zero-order chi connectivity index (χ0) is 8.69. The van der Waals surface area contributed by atoms with E-state index >= 15 is 0 Å². The van der Waals surface area contributed by atoms with Gasteiger partial charge in [-0.25, -0.2) is 0 Å². The van der Waals surface area contributed by atoms with Gasteiger partial charge in [-0.3, -0.25) is 0 Å². The van der Waals surface area contributed by atoms with E-state index in [1.807, 2.05) is 0 Å². The van der Waals surface area contributed by atoms with Crippen LogP contribution in [0.5, 0.6) is 0 Å². The second-order valence-corrected chi connectivity index (χ2v) is 4.19. The first-order chi connectivity index (χ1) is 5.18. The van der Waals surface area contributed by atoms with Gasteiger partial charge in [-0.15, -0.1) is 11.6 Å². The summed E-state index contributed by atoms with van der Waals surface area (Å²) in [5.41, 5.74) is 0. The van der Waals surface area contributed by atoms with Crippen molar-refractivity contribution < 1.29 is 0 Å². The number of rotatable bonds is 6. The molecule has 0 N–H and O–H groups in total. The summed E-state index contributed by atoms with van der Waals surface area (Å²) < 4.78 is 0. The molecule has 0 aliphatic rings. The number of unbranched alkanes of at least 4 members (excludes halogenated alkanes) is 3. The lowest BCUT2D eigenvalue weighted by Gasteiger charge is -2.12. The molecule has 2 atom stereocenters. The maximum Gasteiger partial charge on any atom is 0.0333 e. The van der Waals surface area contributed by atoms with Crippen molar-refractivity contribution in [2.24, 2.45) is 5.92 Å². The SMILES string of the molecule is CCCCCCC(C)C(C)Cl. The van der Waals surface area contributed by atoms with Crippen LogP contribution < -0.4 is 0 Å². The van der Waals surface area contributed by atoms with E-state index in [-0.39, 0.29) is 0 Å². The van der Waals surface area contributed by atoms with Gasteiger partial charge in [0.2, 0.25) is 0 Å². The van der Waals surface area contributed by atoms with Gasteiger partial charge in [0.15, 0.2) is 0 Å². The molecule has 68 valence electrons. The van der Waals surface area contributed by atoms with Crippen molar-refractivity contribution in [3.05, 3.63) is 0 Å². The molecule has 0 aromatic carbocycles. The van der Waals surface area contributed by atoms with E-state index in [0.29, 0.717) is 11.3 Å². The second kappa shape index (κ2) is 6.97. The molecule has 0 spiro atoms. The number of alkyl halides is 1. The van der Waals surface area contributed by atoms with Gasteiger partial charge in [-0.05, 0) is 19.3 Å². The summed E-state index contributed by atoms with van der Waals surface area (Å²) in [5, 5.41) is 0.344. The molecule has 0 aromatic heterocycles. The van der Waals surface area contributed by atoms with Gasteiger partial charge < -0.3 is 0 Å². The Hall–Kier alpha value is 0.290. The molecule has 0 radical (unpaired) electrons. The first-order valence-corrected chi connectivity index (χ1v) is 5.26. The van der Waals surface area contributed by atoms with E-state index in [1.54, 1.807) is 0 Å². The lowest BCUT2D eigenvalue weighted by atomic mass is 10.0. The fraction of sp³-hybridized carbons (Fsp3) is 1.00. The summed E-state index contributed by atoms with van der Waals surface area (Å²) in [5.74, 6) is 0.688. The highest BCUT2D eigenvalue weighted by molar-refractivity contribution is 6.20. The van der Waals surface area contributed by atoms with Crippen molar-refractivity contribution in [3.8, 4) is 0 Å². The Morgan fingerprint density at radius 2 is 1.73 bits per heavy atom. The Balaban J connectivity index is 3.10. The summed E-state index contributed by atoms with van der Waals surface area (Å²) in [6.45, 7) is 6.57. The largest absolute Gasteiger partial charge is 0.123 e. The molecular formula is C10H21Cl. The molecule has 0 saturated carbocycles. The second-order valence-electron chi connectivity index (χ2n) is 3.50. The summed E-state index contributed by atoms with van der Waals surface area (Å²) in [6.07, 6.45) is 6.73. The topological polar surface area (TPSA) is 0 Å². The summed E-state index contributed by atoms with van der Waals surface area (Å²) in [4.78, 5) is 0. The van der Waals surface area contributed by atoms with Crippen LogP contribution in [-0.4, -0.2) is 5.38 Å². The predicted molar refractivity (Wildman–Crippen MR) is 53.2 cm³/mol. The lowest BCUT2D eigenvalue weighted by Crippen LogP contribution is -2.06. The molecule has 11 heavy (non-hydrogen) atoms. The average Bonchev–Trinajstić information content (AvgIpc) is 1.97. The fourth-order valence-corrected chi connectivity index (χ4v) is 1.25. The molecule has 0 aromatic rings. The Bertz CT molecular complexity index is 78.9. The minimum Gasteiger partial charge on any atom is -0.123 e. The molecule has 0 nitrogen and oxygen atoms in total. The van der Waals surface area contributed by atoms with Crippen molar-refractivity contribution >= 4 is 11.6 Å². The van der Waals surface area contributed by atoms with E-state index in [2.05, 4.69) is 20.8 Å². The summed E-state index contributed by atoms with van der Waals surface area (Å²) >= 11 is 5.94. The summed E-state index contributed by atoms with van der Waals surface area (Å²) in [6, 6.07) is 0. The Morgan fingerprint density at radius 1 is 1.09 bits per heavy atom. The molecule has 0 heterocycles. The van der Waals surface area contributed by atoms with Crippen LogP contribution in [0.15, 0.2) is 0 Å². The molecule has 0 aliphatic carbocycles. The van der Waals surface area contributed by atoms with Crippen molar-refractivity contribution in [1.29, 1.82) is 0 Å². The van der Waals surface area contributed by atoms with Gasteiger partial charge in [-0.1, -0.05) is 39.5 Å². The maximum absolute atomic E-state index is 5.94. The molecule has 0 saturated heterocycles. The standard InChI is InChI=1S/C10H21Cl/c1-4-5-6-7-8-9(2)10(3)11/h9-10H,4-8H2,1-3H3. The van der Waals surface area contributed by atoms with E-state index in [4.69, 9.17) is 11.6 Å². The molecule has 0 bridgehead atoms. The van der Waals surface area contributed by atoms with Gasteiger partial charge in [-0.2, -0.15) is 0 Å². The molecule has 0 aliphatic heterocycles. The van der Waals surface area contributed by atoms with Gasteiger partial charge in [0.25, 0.3) is 0 Å². The Labute approximate surface area is 76.3 Å². The van der Waals surface area contributed by atoms with Crippen LogP contribution in [0.3, 0.4) is 0 Å². The third-order valence-corrected chi connectivity index (χ3v) is 2.73. The Morgan fingerprint density at radius 3 is 2.18 bits per heavy atom. The Kier molecular flexibility index (Phi) is 7.15. The molecule has 0 fully saturated rings. The van der Waals surface area contributed by atoms with Crippen molar-refractivity contribution in [2.45, 2.75) is 58.3 Å². The van der Waals surface area contributed by atoms with Crippen LogP contribution in [0.25, 0.3) is 0 Å². The van der Waals surface area contributed by atoms with Crippen LogP contribution in [0.2, 0.25) is 0 Å². The lowest BCUT2D eigenvalue weighted by molar-refractivity contribution is 0.482. The van der Waals surface area contributed by atoms with Crippen LogP contribution >= 0.6 is 11.6 Å². The van der Waals surface area contributed by atoms with Crippen LogP contribution in [-0.2, 0) is 0 Å². The minimum absolute atomic E-state index is 0.344. The average molecular weight is 177 g/mol. The van der Waals surface area contributed by atoms with Gasteiger partial charge in [0.1, 0.15) is 0 Å². The molecular weight excluding hydrogens is 156 g/mol. The predicted octanol–water partition coefficient (Wildman–Crippen LogP) is 4.22. The highest BCUT2D eigenvalue weighted by Crippen LogP contribution is 2.17. The third kappa shape index (κ3) is 6.68. The van der Waals surface area contributed by atoms with Crippen LogP contribution in [0, 0.1) is 5.92 Å². The zero-order valence-corrected chi connectivity index (χ0v) is 8.82. The highest BCUT2D eigenvalue weighted by atomic mass is 35.5. The zero-order valence-electron chi connectivity index (χ0n) is 8.07. The smallest absolute Gasteiger partial charge is 0.0333 e. The van der Waals surface area contributed by atoms with Crippen molar-refractivity contribution in [3.63, 3.8) is 0 Å². The highest BCUT2D eigenvalue weighted by Gasteiger charge is 2.07.